The van der Waals surface area contributed by atoms with Gasteiger partial charge in [-0.05, 0) is 54.8 Å². The minimum atomic E-state index is -4.55. The zero-order valence-corrected chi connectivity index (χ0v) is 28.4. The molecular weight excluding hydrogens is 674 g/mol. The van der Waals surface area contributed by atoms with E-state index in [9.17, 15) is 18.0 Å². The first-order valence-electron chi connectivity index (χ1n) is 15.8. The van der Waals surface area contributed by atoms with Crippen LogP contribution in [0.1, 0.15) is 39.9 Å². The van der Waals surface area contributed by atoms with Gasteiger partial charge < -0.3 is 19.8 Å². The number of imidazole rings is 1. The van der Waals surface area contributed by atoms with Crippen molar-refractivity contribution >= 4 is 29.0 Å². The molecule has 0 aliphatic carbocycles. The fourth-order valence-electron chi connectivity index (χ4n) is 5.53. The Balaban J connectivity index is 1.52. The number of carbonyl (C=O) groups is 1. The number of aromatic nitrogens is 2. The van der Waals surface area contributed by atoms with Gasteiger partial charge in [-0.1, -0.05) is 83.9 Å². The molecule has 0 fully saturated rings. The Morgan fingerprint density at radius 1 is 0.837 bits per heavy atom. The molecule has 0 aliphatic heterocycles. The van der Waals surface area contributed by atoms with Gasteiger partial charge in [0.05, 0.1) is 41.8 Å². The molecule has 0 bridgehead atoms. The maximum absolute atomic E-state index is 14.0. The zero-order chi connectivity index (χ0) is 35.0. The molecule has 5 aromatic rings. The quantitative estimate of drug-likeness (QED) is 0.0865. The van der Waals surface area contributed by atoms with Gasteiger partial charge in [0.25, 0.3) is 0 Å². The summed E-state index contributed by atoms with van der Waals surface area (Å²) >= 11 is 13.4. The van der Waals surface area contributed by atoms with Crippen LogP contribution >= 0.6 is 23.2 Å². The number of halogens is 5. The molecule has 0 unspecified atom stereocenters. The molecule has 6 nitrogen and oxygen atoms in total. The smallest absolute Gasteiger partial charge is 0.379 e. The van der Waals surface area contributed by atoms with Gasteiger partial charge in [-0.25, -0.2) is 4.98 Å². The normalized spacial score (nSPS) is 11.7. The topological polar surface area (TPSA) is 79.4 Å². The van der Waals surface area contributed by atoms with Crippen molar-refractivity contribution in [2.24, 2.45) is 5.73 Å². The average molecular weight is 711 g/mol. The van der Waals surface area contributed by atoms with Crippen molar-refractivity contribution in [3.63, 3.8) is 0 Å². The summed E-state index contributed by atoms with van der Waals surface area (Å²) in [5.41, 5.74) is 9.02. The number of rotatable bonds is 15. The highest BCUT2D eigenvalue weighted by Crippen LogP contribution is 2.42. The van der Waals surface area contributed by atoms with E-state index in [1.54, 1.807) is 49.4 Å². The molecule has 256 valence electrons. The second kappa shape index (κ2) is 16.6. The van der Waals surface area contributed by atoms with Crippen molar-refractivity contribution in [3.8, 4) is 33.9 Å². The Labute approximate surface area is 293 Å². The average Bonchev–Trinajstić information content (AvgIpc) is 3.44. The summed E-state index contributed by atoms with van der Waals surface area (Å²) < 4.78 is 54.7. The highest BCUT2D eigenvalue weighted by Gasteiger charge is 2.32. The molecule has 0 saturated heterocycles. The molecule has 49 heavy (non-hydrogen) atoms. The van der Waals surface area contributed by atoms with Crippen LogP contribution in [0.5, 0.6) is 0 Å². The number of Topliss-reactive ketones (excluding diaryl/α,β-unsaturated/α-hetero) is 1. The predicted molar refractivity (Wildman–Crippen MR) is 188 cm³/mol. The first-order chi connectivity index (χ1) is 23.6. The van der Waals surface area contributed by atoms with Crippen LogP contribution in [0.3, 0.4) is 0 Å². The van der Waals surface area contributed by atoms with E-state index >= 15 is 0 Å². The minimum absolute atomic E-state index is 0.0185. The number of alkyl halides is 3. The predicted octanol–water partition coefficient (Wildman–Crippen LogP) is 9.52. The van der Waals surface area contributed by atoms with Crippen LogP contribution in [-0.4, -0.2) is 48.3 Å². The van der Waals surface area contributed by atoms with Gasteiger partial charge >= 0.3 is 6.18 Å². The van der Waals surface area contributed by atoms with Gasteiger partial charge in [-0.2, -0.15) is 13.2 Å². The van der Waals surface area contributed by atoms with Crippen molar-refractivity contribution in [3.05, 3.63) is 123 Å². The summed E-state index contributed by atoms with van der Waals surface area (Å²) in [6, 6.07) is 25.5. The van der Waals surface area contributed by atoms with E-state index in [0.717, 1.165) is 17.7 Å². The molecule has 0 amide bonds. The van der Waals surface area contributed by atoms with Crippen LogP contribution in [0.2, 0.25) is 10.0 Å². The van der Waals surface area contributed by atoms with E-state index in [1.165, 1.54) is 0 Å². The molecular formula is C38H36Cl2F3N3O3. The summed E-state index contributed by atoms with van der Waals surface area (Å²) in [5.74, 6) is 0.294. The lowest BCUT2D eigenvalue weighted by Crippen LogP contribution is -2.12. The third-order valence-electron chi connectivity index (χ3n) is 7.83. The van der Waals surface area contributed by atoms with E-state index in [4.69, 9.17) is 43.4 Å². The molecule has 0 spiro atoms. The Hall–Kier alpha value is -3.99. The van der Waals surface area contributed by atoms with Gasteiger partial charge in [0.2, 0.25) is 0 Å². The number of hydrogen-bond acceptors (Lipinski definition) is 5. The summed E-state index contributed by atoms with van der Waals surface area (Å²) in [6.07, 6.45) is -3.66. The largest absolute Gasteiger partial charge is 0.416 e. The molecule has 5 rings (SSSR count). The highest BCUT2D eigenvalue weighted by atomic mass is 35.5. The molecule has 0 atom stereocenters. The van der Waals surface area contributed by atoms with Crippen molar-refractivity contribution in [1.29, 1.82) is 0 Å². The minimum Gasteiger partial charge on any atom is -0.379 e. The number of carbonyl (C=O) groups excluding carboxylic acids is 1. The van der Waals surface area contributed by atoms with Crippen LogP contribution < -0.4 is 5.73 Å². The fourth-order valence-corrected chi connectivity index (χ4v) is 5.98. The van der Waals surface area contributed by atoms with Crippen molar-refractivity contribution in [1.82, 2.24) is 9.55 Å². The number of aryl methyl sites for hydroxylation is 1. The summed E-state index contributed by atoms with van der Waals surface area (Å²) in [7, 11) is 0. The van der Waals surface area contributed by atoms with Crippen LogP contribution in [0.4, 0.5) is 13.2 Å². The SMILES string of the molecule is Cc1cc(-c2nc(-c3ccccc3Cl)c(-c3ccccc3Cl)n2Cc2ccc(C(=O)CCCOCCOCCN)cc2)cc(C(F)(F)F)c1. The number of nitrogens with two attached hydrogens (primary N) is 1. The first kappa shape index (κ1) is 36.3. The van der Waals surface area contributed by atoms with Gasteiger partial charge in [0.1, 0.15) is 5.82 Å². The van der Waals surface area contributed by atoms with Crippen LogP contribution in [0.25, 0.3) is 33.9 Å². The van der Waals surface area contributed by atoms with Crippen LogP contribution in [-0.2, 0) is 22.2 Å². The van der Waals surface area contributed by atoms with Gasteiger partial charge in [-0.3, -0.25) is 4.79 Å². The monoisotopic (exact) mass is 709 g/mol. The lowest BCUT2D eigenvalue weighted by atomic mass is 10.0. The fraction of sp³-hybridized carbons (Fsp3) is 0.263. The second-order valence-corrected chi connectivity index (χ2v) is 12.3. The van der Waals surface area contributed by atoms with E-state index in [0.29, 0.717) is 101 Å². The standard InChI is InChI=1S/C38H36Cl2F3N3O3/c1-25-21-28(23-29(22-25)38(41,42)43)37-45-35(30-7-2-4-9-32(30)39)36(31-8-3-5-10-33(31)40)46(37)24-26-12-14-27(15-13-26)34(47)11-6-17-48-19-20-49-18-16-44/h2-5,7-10,12-15,21-23H,6,11,16-20,24,44H2,1H3. The van der Waals surface area contributed by atoms with E-state index in [-0.39, 0.29) is 12.3 Å². The lowest BCUT2D eigenvalue weighted by molar-refractivity contribution is -0.137. The molecule has 0 saturated carbocycles. The molecule has 2 N–H and O–H groups in total. The third-order valence-corrected chi connectivity index (χ3v) is 8.49. The molecule has 4 aromatic carbocycles. The molecule has 0 aliphatic rings. The maximum Gasteiger partial charge on any atom is 0.416 e. The van der Waals surface area contributed by atoms with Crippen molar-refractivity contribution in [2.45, 2.75) is 32.5 Å². The maximum atomic E-state index is 14.0. The van der Waals surface area contributed by atoms with Gasteiger partial charge in [0, 0.05) is 53.4 Å². The van der Waals surface area contributed by atoms with Gasteiger partial charge in [0.15, 0.2) is 5.78 Å². The van der Waals surface area contributed by atoms with Crippen molar-refractivity contribution < 1.29 is 27.4 Å². The Kier molecular flexibility index (Phi) is 12.3. The second-order valence-electron chi connectivity index (χ2n) is 11.5. The molecule has 11 heteroatoms. The van der Waals surface area contributed by atoms with E-state index in [2.05, 4.69) is 0 Å². The van der Waals surface area contributed by atoms with Gasteiger partial charge in [-0.15, -0.1) is 0 Å². The van der Waals surface area contributed by atoms with E-state index < -0.39 is 11.7 Å². The van der Waals surface area contributed by atoms with E-state index in [1.807, 2.05) is 41.0 Å². The molecule has 0 radical (unpaired) electrons. The van der Waals surface area contributed by atoms with Crippen LogP contribution in [0, 0.1) is 6.92 Å². The molecule has 1 aromatic heterocycles. The number of benzene rings is 4. The molecule has 1 heterocycles. The Morgan fingerprint density at radius 2 is 1.47 bits per heavy atom. The summed E-state index contributed by atoms with van der Waals surface area (Å²) in [6.45, 7) is 4.11. The zero-order valence-electron chi connectivity index (χ0n) is 26.9. The number of ketones is 1. The number of ether oxygens (including phenoxy) is 2. The lowest BCUT2D eigenvalue weighted by Gasteiger charge is -2.16. The summed E-state index contributed by atoms with van der Waals surface area (Å²) in [4.78, 5) is 17.9. The van der Waals surface area contributed by atoms with Crippen molar-refractivity contribution in [2.75, 3.05) is 33.0 Å². The highest BCUT2D eigenvalue weighted by molar-refractivity contribution is 6.34. The number of nitrogens with zero attached hydrogens (tertiary/aromatic N) is 2. The first-order valence-corrected chi connectivity index (χ1v) is 16.6. The Bertz CT molecular complexity index is 1890. The number of hydrogen-bond donors (Lipinski definition) is 1. The summed E-state index contributed by atoms with van der Waals surface area (Å²) in [5, 5.41) is 0.872. The third kappa shape index (κ3) is 9.17. The Morgan fingerprint density at radius 3 is 2.10 bits per heavy atom. The van der Waals surface area contributed by atoms with Crippen LogP contribution in [0.15, 0.2) is 91.0 Å².